The van der Waals surface area contributed by atoms with Crippen LogP contribution in [0.3, 0.4) is 0 Å². The minimum atomic E-state index is -2.71. The zero-order valence-corrected chi connectivity index (χ0v) is 18.1. The van der Waals surface area contributed by atoms with Crippen LogP contribution in [0, 0.1) is 5.82 Å². The van der Waals surface area contributed by atoms with Gasteiger partial charge in [-0.25, -0.2) is 13.6 Å². The van der Waals surface area contributed by atoms with Crippen molar-refractivity contribution >= 4 is 38.9 Å². The first-order valence-electron chi connectivity index (χ1n) is 8.86. The van der Waals surface area contributed by atoms with E-state index in [9.17, 15) is 8.60 Å². The highest BCUT2D eigenvalue weighted by molar-refractivity contribution is 7.98. The van der Waals surface area contributed by atoms with Gasteiger partial charge in [-0.05, 0) is 36.6 Å². The van der Waals surface area contributed by atoms with Crippen LogP contribution >= 0.6 is 11.6 Å². The molecule has 1 aromatic heterocycles. The highest BCUT2D eigenvalue weighted by Crippen LogP contribution is 2.34. The average molecular weight is 436 g/mol. The molecule has 1 unspecified atom stereocenters. The molecular formula is C20H23ClFN5OS. The van der Waals surface area contributed by atoms with Gasteiger partial charge in [0.05, 0.1) is 31.9 Å². The summed E-state index contributed by atoms with van der Waals surface area (Å²) in [6.45, 7) is 1.72. The van der Waals surface area contributed by atoms with E-state index in [1.807, 2.05) is 0 Å². The number of aliphatic imine (C=N–C) groups is 2. The number of pyridine rings is 1. The van der Waals surface area contributed by atoms with Crippen molar-refractivity contribution in [2.24, 2.45) is 15.7 Å². The number of nitrogens with two attached hydrogens (primary N) is 1. The number of rotatable bonds is 4. The van der Waals surface area contributed by atoms with Crippen LogP contribution in [0.5, 0.6) is 0 Å². The van der Waals surface area contributed by atoms with E-state index in [0.29, 0.717) is 22.7 Å². The van der Waals surface area contributed by atoms with E-state index < -0.39 is 21.1 Å². The molecule has 2 N–H and O–H groups in total. The lowest BCUT2D eigenvalue weighted by atomic mass is 9.91. The molecule has 2 atom stereocenters. The van der Waals surface area contributed by atoms with Crippen LogP contribution in [-0.4, -0.2) is 50.9 Å². The third-order valence-corrected chi connectivity index (χ3v) is 7.39. The SMILES string of the molecule is C=S1(=O)C[C@@](C)(c2cc(CC(=NC)c3ccc(Cl)cn3)ccc2F)N=C(N)N1C. The van der Waals surface area contributed by atoms with E-state index in [1.165, 1.54) is 10.4 Å². The van der Waals surface area contributed by atoms with E-state index in [0.717, 1.165) is 11.3 Å². The van der Waals surface area contributed by atoms with Crippen LogP contribution in [0.4, 0.5) is 4.39 Å². The van der Waals surface area contributed by atoms with Crippen molar-refractivity contribution < 1.29 is 8.60 Å². The molecule has 0 aliphatic carbocycles. The summed E-state index contributed by atoms with van der Waals surface area (Å²) in [6, 6.07) is 8.32. The Balaban J connectivity index is 1.99. The van der Waals surface area contributed by atoms with Gasteiger partial charge in [-0.1, -0.05) is 23.7 Å². The summed E-state index contributed by atoms with van der Waals surface area (Å²) in [5, 5.41) is 0.538. The van der Waals surface area contributed by atoms with Gasteiger partial charge in [0.25, 0.3) is 0 Å². The monoisotopic (exact) mass is 435 g/mol. The normalized spacial score (nSPS) is 25.1. The van der Waals surface area contributed by atoms with Gasteiger partial charge >= 0.3 is 0 Å². The Bertz CT molecular complexity index is 1100. The third-order valence-electron chi connectivity index (χ3n) is 4.97. The number of benzene rings is 1. The lowest BCUT2D eigenvalue weighted by molar-refractivity contribution is 0.480. The van der Waals surface area contributed by atoms with Crippen LogP contribution in [-0.2, 0) is 21.7 Å². The van der Waals surface area contributed by atoms with Crippen molar-refractivity contribution in [2.75, 3.05) is 19.8 Å². The maximum Gasteiger partial charge on any atom is 0.203 e. The molecule has 0 saturated carbocycles. The number of aromatic nitrogens is 1. The Labute approximate surface area is 175 Å². The summed E-state index contributed by atoms with van der Waals surface area (Å²) in [5.74, 6) is 3.47. The van der Waals surface area contributed by atoms with Gasteiger partial charge in [0.15, 0.2) is 0 Å². The third kappa shape index (κ3) is 4.28. The second kappa shape index (κ2) is 7.76. The first-order chi connectivity index (χ1) is 13.6. The van der Waals surface area contributed by atoms with Crippen LogP contribution < -0.4 is 5.73 Å². The number of hydrogen-bond acceptors (Lipinski definition) is 5. The van der Waals surface area contributed by atoms with Gasteiger partial charge in [0.1, 0.15) is 11.4 Å². The molecule has 1 aliphatic heterocycles. The summed E-state index contributed by atoms with van der Waals surface area (Å²) < 4.78 is 29.0. The van der Waals surface area contributed by atoms with Gasteiger partial charge in [0, 0.05) is 32.3 Å². The van der Waals surface area contributed by atoms with Crippen LogP contribution in [0.15, 0.2) is 46.5 Å². The molecule has 0 spiro atoms. The topological polar surface area (TPSA) is 83.9 Å². The number of guanidine groups is 1. The summed E-state index contributed by atoms with van der Waals surface area (Å²) in [5.41, 5.74) is 7.42. The first-order valence-corrected chi connectivity index (χ1v) is 11.1. The van der Waals surface area contributed by atoms with E-state index in [-0.39, 0.29) is 11.7 Å². The summed E-state index contributed by atoms with van der Waals surface area (Å²) >= 11 is 5.91. The molecular weight excluding hydrogens is 413 g/mol. The molecule has 0 fully saturated rings. The smallest absolute Gasteiger partial charge is 0.203 e. The van der Waals surface area contributed by atoms with Gasteiger partial charge < -0.3 is 5.73 Å². The van der Waals surface area contributed by atoms with Gasteiger partial charge in [-0.2, -0.15) is 0 Å². The lowest BCUT2D eigenvalue weighted by Gasteiger charge is -2.37. The van der Waals surface area contributed by atoms with Gasteiger partial charge in [-0.15, -0.1) is 0 Å². The number of halogens is 2. The van der Waals surface area contributed by atoms with E-state index in [4.69, 9.17) is 17.3 Å². The maximum atomic E-state index is 14.8. The predicted octanol–water partition coefficient (Wildman–Crippen LogP) is 2.64. The molecule has 2 heterocycles. The Morgan fingerprint density at radius 2 is 2.17 bits per heavy atom. The van der Waals surface area contributed by atoms with Crippen molar-refractivity contribution in [3.63, 3.8) is 0 Å². The molecule has 154 valence electrons. The van der Waals surface area contributed by atoms with E-state index in [1.54, 1.807) is 51.5 Å². The van der Waals surface area contributed by atoms with E-state index in [2.05, 4.69) is 20.8 Å². The summed E-state index contributed by atoms with van der Waals surface area (Å²) in [7, 11) is 0.545. The predicted molar refractivity (Wildman–Crippen MR) is 119 cm³/mol. The lowest BCUT2D eigenvalue weighted by Crippen LogP contribution is -2.50. The zero-order valence-electron chi connectivity index (χ0n) is 16.5. The van der Waals surface area contributed by atoms with Crippen LogP contribution in [0.1, 0.15) is 23.7 Å². The Kier molecular flexibility index (Phi) is 5.69. The van der Waals surface area contributed by atoms with Crippen molar-refractivity contribution in [3.8, 4) is 0 Å². The fourth-order valence-electron chi connectivity index (χ4n) is 3.32. The highest BCUT2D eigenvalue weighted by Gasteiger charge is 2.38. The Morgan fingerprint density at radius 3 is 2.76 bits per heavy atom. The van der Waals surface area contributed by atoms with Crippen molar-refractivity contribution in [2.45, 2.75) is 18.9 Å². The molecule has 3 rings (SSSR count). The molecule has 0 saturated heterocycles. The highest BCUT2D eigenvalue weighted by atomic mass is 35.5. The molecule has 0 bridgehead atoms. The van der Waals surface area contributed by atoms with Crippen LogP contribution in [0.25, 0.3) is 0 Å². The van der Waals surface area contributed by atoms with Gasteiger partial charge in [-0.3, -0.25) is 14.3 Å². The van der Waals surface area contributed by atoms with Gasteiger partial charge in [0.2, 0.25) is 5.96 Å². The molecule has 1 aliphatic rings. The number of hydrogen-bond donors (Lipinski definition) is 1. The zero-order chi connectivity index (χ0) is 21.4. The van der Waals surface area contributed by atoms with Crippen molar-refractivity contribution in [3.05, 3.63) is 64.2 Å². The quantitative estimate of drug-likeness (QED) is 0.591. The molecule has 6 nitrogen and oxygen atoms in total. The minimum absolute atomic E-state index is 0.0606. The molecule has 1 aromatic carbocycles. The molecule has 29 heavy (non-hydrogen) atoms. The Morgan fingerprint density at radius 1 is 1.45 bits per heavy atom. The fourth-order valence-corrected chi connectivity index (χ4v) is 5.10. The Hall–Kier alpha value is -2.45. The fraction of sp³-hybridized carbons (Fsp3) is 0.300. The number of nitrogens with zero attached hydrogens (tertiary/aromatic N) is 4. The van der Waals surface area contributed by atoms with Crippen molar-refractivity contribution in [1.82, 2.24) is 9.29 Å². The summed E-state index contributed by atoms with van der Waals surface area (Å²) in [4.78, 5) is 13.1. The molecule has 2 aromatic rings. The van der Waals surface area contributed by atoms with E-state index >= 15 is 0 Å². The minimum Gasteiger partial charge on any atom is -0.369 e. The summed E-state index contributed by atoms with van der Waals surface area (Å²) in [6.07, 6.45) is 1.99. The average Bonchev–Trinajstić information content (AvgIpc) is 2.66. The van der Waals surface area contributed by atoms with Crippen molar-refractivity contribution in [1.29, 1.82) is 0 Å². The van der Waals surface area contributed by atoms with Crippen LogP contribution in [0.2, 0.25) is 5.02 Å². The maximum absolute atomic E-state index is 14.8. The molecule has 9 heteroatoms. The first kappa shape index (κ1) is 21.3. The second-order valence-corrected chi connectivity index (χ2v) is 10.00. The second-order valence-electron chi connectivity index (χ2n) is 7.18. The molecule has 0 amide bonds. The molecule has 0 radical (unpaired) electrons. The standard InChI is InChI=1S/C20H23ClFN5OS/c1-20(12-29(4,28)27(3)19(23)26-20)15-9-13(5-7-16(15)22)10-18(24-2)17-8-6-14(21)11-25-17/h5-9,11H,4,10,12H2,1-3H3,(H2,23,26)/t20-,29?/m0/s1. The largest absolute Gasteiger partial charge is 0.369 e.